The molecule has 0 aliphatic heterocycles. The molecule has 0 saturated carbocycles. The Hall–Kier alpha value is -3.22. The third-order valence-electron chi connectivity index (χ3n) is 4.12. The van der Waals surface area contributed by atoms with Gasteiger partial charge in [-0.05, 0) is 25.1 Å². The van der Waals surface area contributed by atoms with E-state index in [9.17, 15) is 0 Å². The van der Waals surface area contributed by atoms with Crippen LogP contribution in [0.3, 0.4) is 0 Å². The van der Waals surface area contributed by atoms with Crippen LogP contribution in [0.5, 0.6) is 5.75 Å². The van der Waals surface area contributed by atoms with Gasteiger partial charge in [-0.2, -0.15) is 0 Å². The molecule has 7 nitrogen and oxygen atoms in total. The average molecular weight is 338 g/mol. The molecule has 0 N–H and O–H groups in total. The van der Waals surface area contributed by atoms with E-state index >= 15 is 0 Å². The van der Waals surface area contributed by atoms with Crippen LogP contribution < -0.4 is 4.74 Å². The van der Waals surface area contributed by atoms with E-state index in [0.29, 0.717) is 12.3 Å². The molecule has 0 radical (unpaired) electrons. The van der Waals surface area contributed by atoms with Gasteiger partial charge in [-0.3, -0.25) is 4.98 Å². The van der Waals surface area contributed by atoms with E-state index < -0.39 is 0 Å². The number of pyridine rings is 1. The third-order valence-corrected chi connectivity index (χ3v) is 4.12. The summed E-state index contributed by atoms with van der Waals surface area (Å²) >= 11 is 0. The molecular weight excluding hydrogens is 320 g/mol. The highest BCUT2D eigenvalue weighted by Gasteiger charge is 2.14. The van der Waals surface area contributed by atoms with Crippen molar-refractivity contribution < 1.29 is 13.9 Å². The summed E-state index contributed by atoms with van der Waals surface area (Å²) in [5.74, 6) is 1.47. The molecule has 3 heterocycles. The summed E-state index contributed by atoms with van der Waals surface area (Å²) in [5, 5.41) is 10.1. The highest BCUT2D eigenvalue weighted by molar-refractivity contribution is 6.09. The molecule has 0 aliphatic carbocycles. The molecule has 0 atom stereocenters. The number of hydrogen-bond acceptors (Lipinski definition) is 6. The molecule has 4 rings (SSSR count). The maximum absolute atomic E-state index is 8.00. The van der Waals surface area contributed by atoms with E-state index in [-0.39, 0.29) is 0 Å². The monoisotopic (exact) mass is 338 g/mol. The SMILES string of the molecule is C=O.COc1ccc2c3ccnc(C)c3n(CCc3nnco3)c2c1. The van der Waals surface area contributed by atoms with Gasteiger partial charge in [-0.25, -0.2) is 0 Å². The second-order valence-corrected chi connectivity index (χ2v) is 5.41. The summed E-state index contributed by atoms with van der Waals surface area (Å²) in [6.07, 6.45) is 3.88. The Labute approximate surface area is 144 Å². The minimum Gasteiger partial charge on any atom is -0.497 e. The van der Waals surface area contributed by atoms with Crippen molar-refractivity contribution in [2.24, 2.45) is 0 Å². The second kappa shape index (κ2) is 7.12. The zero-order valence-electron chi connectivity index (χ0n) is 14.1. The average Bonchev–Trinajstić information content (AvgIpc) is 3.28. The van der Waals surface area contributed by atoms with Gasteiger partial charge in [0, 0.05) is 36.0 Å². The lowest BCUT2D eigenvalue weighted by atomic mass is 10.1. The Balaban J connectivity index is 0.000000880. The van der Waals surface area contributed by atoms with Crippen LogP contribution in [0.2, 0.25) is 0 Å². The number of methoxy groups -OCH3 is 1. The number of fused-ring (bicyclic) bond motifs is 3. The lowest BCUT2D eigenvalue weighted by Gasteiger charge is -2.08. The first-order valence-corrected chi connectivity index (χ1v) is 7.73. The van der Waals surface area contributed by atoms with Gasteiger partial charge in [-0.1, -0.05) is 0 Å². The van der Waals surface area contributed by atoms with Crippen LogP contribution in [0.1, 0.15) is 11.6 Å². The van der Waals surface area contributed by atoms with E-state index in [1.807, 2.05) is 26.0 Å². The Morgan fingerprint density at radius 1 is 1.24 bits per heavy atom. The van der Waals surface area contributed by atoms with Gasteiger partial charge in [-0.15, -0.1) is 10.2 Å². The first-order valence-electron chi connectivity index (χ1n) is 7.73. The molecule has 0 saturated heterocycles. The minimum absolute atomic E-state index is 0.629. The quantitative estimate of drug-likeness (QED) is 0.569. The number of rotatable bonds is 4. The number of nitrogens with zero attached hydrogens (tertiary/aromatic N) is 4. The van der Waals surface area contributed by atoms with Crippen molar-refractivity contribution in [3.8, 4) is 5.75 Å². The lowest BCUT2D eigenvalue weighted by Crippen LogP contribution is -2.03. The maximum Gasteiger partial charge on any atom is 0.218 e. The zero-order valence-corrected chi connectivity index (χ0v) is 14.1. The fraction of sp³-hybridized carbons (Fsp3) is 0.222. The predicted octanol–water partition coefficient (Wildman–Crippen LogP) is 2.95. The van der Waals surface area contributed by atoms with Crippen molar-refractivity contribution in [2.75, 3.05) is 7.11 Å². The van der Waals surface area contributed by atoms with E-state index in [1.54, 1.807) is 7.11 Å². The summed E-state index contributed by atoms with van der Waals surface area (Å²) in [6.45, 7) is 4.77. The van der Waals surface area contributed by atoms with Crippen LogP contribution in [0.4, 0.5) is 0 Å². The highest BCUT2D eigenvalue weighted by Crippen LogP contribution is 2.32. The van der Waals surface area contributed by atoms with Crippen LogP contribution in [0.15, 0.2) is 41.3 Å². The maximum atomic E-state index is 8.00. The number of hydrogen-bond donors (Lipinski definition) is 0. The van der Waals surface area contributed by atoms with Gasteiger partial charge in [0.1, 0.15) is 12.5 Å². The van der Waals surface area contributed by atoms with Crippen molar-refractivity contribution in [1.82, 2.24) is 19.7 Å². The molecule has 3 aromatic heterocycles. The van der Waals surface area contributed by atoms with E-state index in [4.69, 9.17) is 13.9 Å². The number of aryl methyl sites for hydroxylation is 3. The molecule has 25 heavy (non-hydrogen) atoms. The molecular formula is C18H18N4O3. The summed E-state index contributed by atoms with van der Waals surface area (Å²) in [4.78, 5) is 12.4. The Morgan fingerprint density at radius 2 is 2.08 bits per heavy atom. The number of aromatic nitrogens is 4. The molecule has 1 aromatic carbocycles. The first kappa shape index (κ1) is 16.6. The lowest BCUT2D eigenvalue weighted by molar-refractivity contribution is -0.0979. The first-order chi connectivity index (χ1) is 12.3. The van der Waals surface area contributed by atoms with E-state index in [1.165, 1.54) is 17.2 Å². The molecule has 0 aliphatic rings. The van der Waals surface area contributed by atoms with Gasteiger partial charge >= 0.3 is 0 Å². The largest absolute Gasteiger partial charge is 0.497 e. The normalized spacial score (nSPS) is 10.6. The number of benzene rings is 1. The Bertz CT molecular complexity index is 993. The summed E-state index contributed by atoms with van der Waals surface area (Å²) < 4.78 is 12.9. The minimum atomic E-state index is 0.629. The second-order valence-electron chi connectivity index (χ2n) is 5.41. The van der Waals surface area contributed by atoms with Crippen LogP contribution >= 0.6 is 0 Å². The van der Waals surface area contributed by atoms with Gasteiger partial charge in [0.15, 0.2) is 0 Å². The topological polar surface area (TPSA) is 83.0 Å². The molecule has 0 unspecified atom stereocenters. The van der Waals surface area contributed by atoms with Crippen LogP contribution in [0.25, 0.3) is 21.8 Å². The van der Waals surface area contributed by atoms with E-state index in [2.05, 4.69) is 37.9 Å². The Morgan fingerprint density at radius 3 is 2.80 bits per heavy atom. The third kappa shape index (κ3) is 2.96. The molecule has 4 aromatic rings. The Kier molecular flexibility index (Phi) is 4.74. The van der Waals surface area contributed by atoms with Gasteiger partial charge in [0.2, 0.25) is 12.3 Å². The molecule has 7 heteroatoms. The molecule has 0 amide bonds. The number of carbonyl (C=O) groups excluding carboxylic acids is 1. The highest BCUT2D eigenvalue weighted by atomic mass is 16.5. The van der Waals surface area contributed by atoms with E-state index in [0.717, 1.165) is 29.0 Å². The van der Waals surface area contributed by atoms with Crippen molar-refractivity contribution in [3.63, 3.8) is 0 Å². The number of carbonyl (C=O) groups is 1. The number of ether oxygens (including phenoxy) is 1. The fourth-order valence-corrected chi connectivity index (χ4v) is 3.07. The van der Waals surface area contributed by atoms with Gasteiger partial charge in [0.25, 0.3) is 0 Å². The van der Waals surface area contributed by atoms with Crippen molar-refractivity contribution >= 4 is 28.6 Å². The smallest absolute Gasteiger partial charge is 0.218 e. The van der Waals surface area contributed by atoms with Crippen molar-refractivity contribution in [3.05, 3.63) is 48.4 Å². The fourth-order valence-electron chi connectivity index (χ4n) is 3.07. The summed E-state index contributed by atoms with van der Waals surface area (Å²) in [5.41, 5.74) is 3.26. The molecule has 128 valence electrons. The van der Waals surface area contributed by atoms with Crippen LogP contribution in [-0.2, 0) is 17.8 Å². The van der Waals surface area contributed by atoms with Crippen molar-refractivity contribution in [1.29, 1.82) is 0 Å². The molecule has 0 bridgehead atoms. The van der Waals surface area contributed by atoms with Crippen LogP contribution in [0, 0.1) is 6.92 Å². The molecule has 0 fully saturated rings. The summed E-state index contributed by atoms with van der Waals surface area (Å²) in [7, 11) is 1.68. The standard InChI is InChI=1S/C17H16N4O2.CH2O/c1-11-17-14(5-7-18-11)13-4-3-12(22-2)9-15(13)21(17)8-6-16-20-19-10-23-16;1-2/h3-5,7,9-10H,6,8H2,1-2H3;1H2. The van der Waals surface area contributed by atoms with Gasteiger partial charge < -0.3 is 18.5 Å². The molecule has 0 spiro atoms. The van der Waals surface area contributed by atoms with Gasteiger partial charge in [0.05, 0.1) is 23.8 Å². The van der Waals surface area contributed by atoms with Crippen molar-refractivity contribution in [2.45, 2.75) is 19.9 Å². The zero-order chi connectivity index (χ0) is 17.8. The predicted molar refractivity (Wildman–Crippen MR) is 93.7 cm³/mol. The van der Waals surface area contributed by atoms with Crippen LogP contribution in [-0.4, -0.2) is 33.6 Å². The summed E-state index contributed by atoms with van der Waals surface area (Å²) in [6, 6.07) is 8.20.